The van der Waals surface area contributed by atoms with Gasteiger partial charge < -0.3 is 23.8 Å². The molecule has 4 rings (SSSR count). The fraction of sp³-hybridized carbons (Fsp3) is 0.333. The summed E-state index contributed by atoms with van der Waals surface area (Å²) in [6.45, 7) is 0.744. The number of pyridine rings is 1. The number of methoxy groups -OCH3 is 2. The first kappa shape index (κ1) is 22.6. The fourth-order valence-corrected chi connectivity index (χ4v) is 3.22. The van der Waals surface area contributed by atoms with Crippen LogP contribution in [0.3, 0.4) is 0 Å². The van der Waals surface area contributed by atoms with Gasteiger partial charge >= 0.3 is 0 Å². The van der Waals surface area contributed by atoms with Crippen molar-refractivity contribution in [2.45, 2.75) is 6.10 Å². The minimum Gasteiger partial charge on any atom is -0.493 e. The Balaban J connectivity index is 0.00000272. The van der Waals surface area contributed by atoms with Crippen LogP contribution in [0.5, 0.6) is 17.4 Å². The van der Waals surface area contributed by atoms with Gasteiger partial charge in [0.15, 0.2) is 17.0 Å². The Hall–Kier alpha value is -3.11. The largest absolute Gasteiger partial charge is 0.493 e. The van der Waals surface area contributed by atoms with Gasteiger partial charge in [0.1, 0.15) is 19.3 Å². The molecule has 1 amide bonds. The van der Waals surface area contributed by atoms with Crippen LogP contribution in [0.15, 0.2) is 36.7 Å². The molecule has 1 fully saturated rings. The zero-order valence-electron chi connectivity index (χ0n) is 17.5. The van der Waals surface area contributed by atoms with Crippen molar-refractivity contribution in [1.29, 1.82) is 0 Å². The first-order valence-corrected chi connectivity index (χ1v) is 9.41. The van der Waals surface area contributed by atoms with Gasteiger partial charge in [0.25, 0.3) is 0 Å². The number of rotatable bonds is 6. The number of amides is 1. The molecule has 0 bridgehead atoms. The van der Waals surface area contributed by atoms with Gasteiger partial charge in [-0.25, -0.2) is 9.97 Å². The average molecular weight is 445 g/mol. The highest BCUT2D eigenvalue weighted by atomic mass is 32.1. The molecule has 9 nitrogen and oxygen atoms in total. The molecule has 3 heterocycles. The normalized spacial score (nSPS) is 16.0. The zero-order chi connectivity index (χ0) is 21.1. The summed E-state index contributed by atoms with van der Waals surface area (Å²) in [6.07, 6.45) is 2.97. The van der Waals surface area contributed by atoms with E-state index in [9.17, 15) is 4.79 Å². The number of hydrogen-bond donors (Lipinski definition) is 0. The molecule has 1 aromatic carbocycles. The maximum absolute atomic E-state index is 11.6. The number of ether oxygens (including phenoxy) is 4. The molecule has 0 saturated carbocycles. The van der Waals surface area contributed by atoms with Crippen molar-refractivity contribution < 1.29 is 23.7 Å². The molecule has 0 unspecified atom stereocenters. The van der Waals surface area contributed by atoms with E-state index in [2.05, 4.69) is 15.0 Å². The van der Waals surface area contributed by atoms with E-state index in [4.69, 9.17) is 18.9 Å². The number of morpholine rings is 1. The van der Waals surface area contributed by atoms with Crippen molar-refractivity contribution >= 4 is 30.4 Å². The van der Waals surface area contributed by atoms with Gasteiger partial charge in [-0.05, 0) is 24.3 Å². The molecule has 0 spiro atoms. The molecular formula is C21H24N4O5S. The van der Waals surface area contributed by atoms with E-state index in [1.807, 2.05) is 24.3 Å². The van der Waals surface area contributed by atoms with Crippen molar-refractivity contribution in [2.75, 3.05) is 41.0 Å². The Kier molecular flexibility index (Phi) is 7.13. The number of aromatic nitrogens is 3. The van der Waals surface area contributed by atoms with Crippen LogP contribution < -0.4 is 14.2 Å². The van der Waals surface area contributed by atoms with E-state index in [1.165, 1.54) is 0 Å². The molecule has 10 heteroatoms. The highest BCUT2D eigenvalue weighted by Gasteiger charge is 2.24. The lowest BCUT2D eigenvalue weighted by atomic mass is 10.1. The lowest BCUT2D eigenvalue weighted by molar-refractivity contribution is -0.148. The summed E-state index contributed by atoms with van der Waals surface area (Å²) in [5.74, 6) is 1.54. The SMILES string of the molecule is COc1ccc(-c2cc3nccnc3c(OC[C@@H]3CN(C)C(=O)CO3)n2)cc1OC.S. The summed E-state index contributed by atoms with van der Waals surface area (Å²) in [6, 6.07) is 7.40. The fourth-order valence-electron chi connectivity index (χ4n) is 3.22. The van der Waals surface area contributed by atoms with Crippen LogP contribution in [-0.4, -0.2) is 72.9 Å². The van der Waals surface area contributed by atoms with Crippen LogP contribution in [0, 0.1) is 0 Å². The summed E-state index contributed by atoms with van der Waals surface area (Å²) >= 11 is 0. The molecule has 0 radical (unpaired) electrons. The number of fused-ring (bicyclic) bond motifs is 1. The number of nitrogens with zero attached hydrogens (tertiary/aromatic N) is 4. The second kappa shape index (κ2) is 9.80. The lowest BCUT2D eigenvalue weighted by Gasteiger charge is -2.29. The summed E-state index contributed by atoms with van der Waals surface area (Å²) in [5.41, 5.74) is 2.70. The number of likely N-dealkylation sites (N-methyl/N-ethyl adjacent to an activating group) is 1. The Morgan fingerprint density at radius 3 is 2.65 bits per heavy atom. The predicted octanol–water partition coefficient (Wildman–Crippen LogP) is 2.06. The maximum atomic E-state index is 11.6. The van der Waals surface area contributed by atoms with Crippen molar-refractivity contribution in [3.05, 3.63) is 36.7 Å². The van der Waals surface area contributed by atoms with E-state index in [-0.39, 0.29) is 38.7 Å². The van der Waals surface area contributed by atoms with Gasteiger partial charge in [0.05, 0.1) is 25.4 Å². The molecule has 0 N–H and O–H groups in total. The van der Waals surface area contributed by atoms with Gasteiger partial charge in [0.2, 0.25) is 11.8 Å². The number of carbonyl (C=O) groups is 1. The van der Waals surface area contributed by atoms with Crippen LogP contribution in [-0.2, 0) is 9.53 Å². The third-order valence-electron chi connectivity index (χ3n) is 4.86. The molecule has 1 saturated heterocycles. The highest BCUT2D eigenvalue weighted by molar-refractivity contribution is 7.59. The van der Waals surface area contributed by atoms with Crippen LogP contribution in [0.2, 0.25) is 0 Å². The quantitative estimate of drug-likeness (QED) is 0.570. The van der Waals surface area contributed by atoms with Crippen LogP contribution in [0.1, 0.15) is 0 Å². The van der Waals surface area contributed by atoms with Crippen molar-refractivity contribution in [3.8, 4) is 28.6 Å². The Labute approximate surface area is 186 Å². The van der Waals surface area contributed by atoms with E-state index < -0.39 is 0 Å². The van der Waals surface area contributed by atoms with Gasteiger partial charge in [-0.1, -0.05) is 0 Å². The third-order valence-corrected chi connectivity index (χ3v) is 4.86. The topological polar surface area (TPSA) is 95.9 Å². The third kappa shape index (κ3) is 4.80. The van der Waals surface area contributed by atoms with Crippen molar-refractivity contribution in [3.63, 3.8) is 0 Å². The second-order valence-corrected chi connectivity index (χ2v) is 6.82. The summed E-state index contributed by atoms with van der Waals surface area (Å²) < 4.78 is 22.2. The maximum Gasteiger partial charge on any atom is 0.248 e. The summed E-state index contributed by atoms with van der Waals surface area (Å²) in [4.78, 5) is 26.7. The summed E-state index contributed by atoms with van der Waals surface area (Å²) in [5, 5.41) is 0. The number of hydrogen-bond acceptors (Lipinski definition) is 8. The van der Waals surface area contributed by atoms with E-state index >= 15 is 0 Å². The highest BCUT2D eigenvalue weighted by Crippen LogP contribution is 2.33. The van der Waals surface area contributed by atoms with Gasteiger partial charge in [0, 0.05) is 31.5 Å². The molecular weight excluding hydrogens is 420 g/mol. The molecule has 2 aromatic heterocycles. The molecule has 3 aromatic rings. The van der Waals surface area contributed by atoms with Crippen LogP contribution in [0.4, 0.5) is 0 Å². The van der Waals surface area contributed by atoms with Gasteiger partial charge in [-0.3, -0.25) is 9.78 Å². The zero-order valence-corrected chi connectivity index (χ0v) is 18.5. The minimum absolute atomic E-state index is 0. The van der Waals surface area contributed by atoms with Crippen molar-refractivity contribution in [2.24, 2.45) is 0 Å². The molecule has 31 heavy (non-hydrogen) atoms. The lowest BCUT2D eigenvalue weighted by Crippen LogP contribution is -2.46. The van der Waals surface area contributed by atoms with E-state index in [0.29, 0.717) is 40.7 Å². The number of carbonyl (C=O) groups excluding carboxylic acids is 1. The van der Waals surface area contributed by atoms with Crippen molar-refractivity contribution in [1.82, 2.24) is 19.9 Å². The summed E-state index contributed by atoms with van der Waals surface area (Å²) in [7, 11) is 4.92. The number of benzene rings is 1. The first-order valence-electron chi connectivity index (χ1n) is 9.41. The van der Waals surface area contributed by atoms with Crippen LogP contribution in [0.25, 0.3) is 22.3 Å². The Bertz CT molecular complexity index is 1080. The van der Waals surface area contributed by atoms with Gasteiger partial charge in [-0.15, -0.1) is 0 Å². The second-order valence-electron chi connectivity index (χ2n) is 6.82. The van der Waals surface area contributed by atoms with E-state index in [0.717, 1.165) is 5.56 Å². The molecule has 1 aliphatic rings. The molecule has 164 valence electrons. The molecule has 1 aliphatic heterocycles. The molecule has 1 atom stereocenters. The molecule has 0 aliphatic carbocycles. The van der Waals surface area contributed by atoms with E-state index in [1.54, 1.807) is 38.6 Å². The minimum atomic E-state index is -0.244. The monoisotopic (exact) mass is 444 g/mol. The van der Waals surface area contributed by atoms with Gasteiger partial charge in [-0.2, -0.15) is 13.5 Å². The first-order chi connectivity index (χ1) is 14.6. The smallest absolute Gasteiger partial charge is 0.248 e. The predicted molar refractivity (Wildman–Crippen MR) is 119 cm³/mol. The van der Waals surface area contributed by atoms with Crippen LogP contribution >= 0.6 is 13.5 Å². The standard InChI is InChI=1S/C21H22N4O5.H2S/c1-25-10-14(29-12-19(25)26)11-30-21-20-16(22-6-7-23-20)9-15(24-21)13-4-5-17(27-2)18(8-13)28-3;/h4-9,14H,10-12H2,1-3H3;1H2/t14-;/m0./s1. The Morgan fingerprint density at radius 1 is 1.13 bits per heavy atom. The average Bonchev–Trinajstić information content (AvgIpc) is 2.79. The Morgan fingerprint density at radius 2 is 1.90 bits per heavy atom.